The zero-order chi connectivity index (χ0) is 15.9. The molecule has 1 N–H and O–H groups in total. The van der Waals surface area contributed by atoms with Crippen molar-refractivity contribution in [2.75, 3.05) is 0 Å². The summed E-state index contributed by atoms with van der Waals surface area (Å²) >= 11 is 0. The van der Waals surface area contributed by atoms with Crippen LogP contribution in [0.4, 0.5) is 0 Å². The molecule has 0 aromatic rings. The molecule has 0 aliphatic rings. The summed E-state index contributed by atoms with van der Waals surface area (Å²) in [6.07, 6.45) is 16.1. The van der Waals surface area contributed by atoms with Crippen molar-refractivity contribution in [2.24, 2.45) is 11.8 Å². The van der Waals surface area contributed by atoms with Gasteiger partial charge in [-0.15, -0.1) is 0 Å². The van der Waals surface area contributed by atoms with E-state index in [0.717, 1.165) is 6.42 Å². The molecule has 0 aliphatic carbocycles. The molecular weight excluding hydrogens is 260 g/mol. The molecule has 0 aromatic heterocycles. The SMILES string of the molecule is CCCCCCCCCCCCC(CCC(=O)O)C(C)C. The number of hydrogen-bond donors (Lipinski definition) is 1. The molecule has 0 spiro atoms. The van der Waals surface area contributed by atoms with Crippen molar-refractivity contribution < 1.29 is 9.90 Å². The van der Waals surface area contributed by atoms with E-state index >= 15 is 0 Å². The van der Waals surface area contributed by atoms with E-state index in [9.17, 15) is 4.79 Å². The van der Waals surface area contributed by atoms with Crippen molar-refractivity contribution in [3.63, 3.8) is 0 Å². The Hall–Kier alpha value is -0.530. The van der Waals surface area contributed by atoms with Gasteiger partial charge >= 0.3 is 5.97 Å². The van der Waals surface area contributed by atoms with Gasteiger partial charge in [-0.05, 0) is 18.3 Å². The Labute approximate surface area is 132 Å². The number of rotatable bonds is 15. The van der Waals surface area contributed by atoms with Crippen LogP contribution in [0, 0.1) is 11.8 Å². The molecule has 2 nitrogen and oxygen atoms in total. The van der Waals surface area contributed by atoms with Crippen molar-refractivity contribution in [3.8, 4) is 0 Å². The van der Waals surface area contributed by atoms with Crippen LogP contribution < -0.4 is 0 Å². The van der Waals surface area contributed by atoms with Gasteiger partial charge in [0, 0.05) is 6.42 Å². The number of carbonyl (C=O) groups is 1. The van der Waals surface area contributed by atoms with Crippen LogP contribution >= 0.6 is 0 Å². The highest BCUT2D eigenvalue weighted by molar-refractivity contribution is 5.66. The van der Waals surface area contributed by atoms with Gasteiger partial charge in [0.1, 0.15) is 0 Å². The monoisotopic (exact) mass is 298 g/mol. The lowest BCUT2D eigenvalue weighted by atomic mass is 9.86. The average Bonchev–Trinajstić information content (AvgIpc) is 2.43. The highest BCUT2D eigenvalue weighted by Crippen LogP contribution is 2.24. The van der Waals surface area contributed by atoms with Gasteiger partial charge in [-0.1, -0.05) is 91.4 Å². The summed E-state index contributed by atoms with van der Waals surface area (Å²) in [7, 11) is 0. The molecule has 0 fully saturated rings. The molecule has 21 heavy (non-hydrogen) atoms. The molecule has 1 unspecified atom stereocenters. The number of unbranched alkanes of at least 4 members (excludes halogenated alkanes) is 9. The second-order valence-electron chi connectivity index (χ2n) is 6.91. The van der Waals surface area contributed by atoms with Gasteiger partial charge in [-0.3, -0.25) is 4.79 Å². The van der Waals surface area contributed by atoms with Crippen molar-refractivity contribution in [1.82, 2.24) is 0 Å². The molecule has 0 aromatic carbocycles. The molecule has 126 valence electrons. The summed E-state index contributed by atoms with van der Waals surface area (Å²) in [6.45, 7) is 6.71. The Morgan fingerprint density at radius 1 is 0.810 bits per heavy atom. The summed E-state index contributed by atoms with van der Waals surface area (Å²) in [5, 5.41) is 8.79. The Bertz CT molecular complexity index is 236. The van der Waals surface area contributed by atoms with Crippen LogP contribution in [0.1, 0.15) is 104 Å². The zero-order valence-electron chi connectivity index (χ0n) is 14.7. The first-order valence-electron chi connectivity index (χ1n) is 9.29. The Morgan fingerprint density at radius 2 is 1.29 bits per heavy atom. The maximum Gasteiger partial charge on any atom is 0.303 e. The minimum atomic E-state index is -0.649. The highest BCUT2D eigenvalue weighted by atomic mass is 16.4. The summed E-state index contributed by atoms with van der Waals surface area (Å²) in [5.74, 6) is 0.557. The molecule has 0 saturated heterocycles. The molecule has 1 atom stereocenters. The molecule has 0 rings (SSSR count). The average molecular weight is 299 g/mol. The normalized spacial score (nSPS) is 12.8. The lowest BCUT2D eigenvalue weighted by Crippen LogP contribution is -2.11. The molecule has 0 aliphatic heterocycles. The lowest BCUT2D eigenvalue weighted by Gasteiger charge is -2.19. The van der Waals surface area contributed by atoms with Crippen LogP contribution in [0.3, 0.4) is 0 Å². The van der Waals surface area contributed by atoms with Gasteiger partial charge in [0.05, 0.1) is 0 Å². The first-order chi connectivity index (χ1) is 10.1. The fourth-order valence-electron chi connectivity index (χ4n) is 3.01. The quantitative estimate of drug-likeness (QED) is 0.353. The van der Waals surface area contributed by atoms with E-state index in [1.54, 1.807) is 0 Å². The van der Waals surface area contributed by atoms with Crippen LogP contribution in [0.25, 0.3) is 0 Å². The van der Waals surface area contributed by atoms with Crippen molar-refractivity contribution in [2.45, 2.75) is 104 Å². The fourth-order valence-corrected chi connectivity index (χ4v) is 3.01. The van der Waals surface area contributed by atoms with Gasteiger partial charge in [0.25, 0.3) is 0 Å². The van der Waals surface area contributed by atoms with E-state index in [1.165, 1.54) is 70.6 Å². The predicted molar refractivity (Wildman–Crippen MR) is 91.7 cm³/mol. The van der Waals surface area contributed by atoms with Crippen molar-refractivity contribution in [1.29, 1.82) is 0 Å². The van der Waals surface area contributed by atoms with Crippen LogP contribution in [0.15, 0.2) is 0 Å². The second-order valence-corrected chi connectivity index (χ2v) is 6.91. The number of carboxylic acids is 1. The van der Waals surface area contributed by atoms with E-state index in [-0.39, 0.29) is 0 Å². The summed E-state index contributed by atoms with van der Waals surface area (Å²) in [6, 6.07) is 0. The minimum Gasteiger partial charge on any atom is -0.481 e. The zero-order valence-corrected chi connectivity index (χ0v) is 14.7. The molecule has 2 heteroatoms. The summed E-state index contributed by atoms with van der Waals surface area (Å²) in [5.41, 5.74) is 0. The van der Waals surface area contributed by atoms with E-state index in [1.807, 2.05) is 0 Å². The maximum absolute atomic E-state index is 10.7. The lowest BCUT2D eigenvalue weighted by molar-refractivity contribution is -0.137. The van der Waals surface area contributed by atoms with Crippen LogP contribution in [0.2, 0.25) is 0 Å². The third-order valence-electron chi connectivity index (χ3n) is 4.60. The molecule has 0 radical (unpaired) electrons. The van der Waals surface area contributed by atoms with Crippen LogP contribution in [-0.4, -0.2) is 11.1 Å². The van der Waals surface area contributed by atoms with E-state index in [0.29, 0.717) is 18.3 Å². The highest BCUT2D eigenvalue weighted by Gasteiger charge is 2.14. The molecule has 0 saturated carbocycles. The topological polar surface area (TPSA) is 37.3 Å². The van der Waals surface area contributed by atoms with Gasteiger partial charge in [0.2, 0.25) is 0 Å². The van der Waals surface area contributed by atoms with E-state index in [4.69, 9.17) is 5.11 Å². The fraction of sp³-hybridized carbons (Fsp3) is 0.947. The summed E-state index contributed by atoms with van der Waals surface area (Å²) in [4.78, 5) is 10.7. The first-order valence-corrected chi connectivity index (χ1v) is 9.29. The summed E-state index contributed by atoms with van der Waals surface area (Å²) < 4.78 is 0. The van der Waals surface area contributed by atoms with E-state index in [2.05, 4.69) is 20.8 Å². The van der Waals surface area contributed by atoms with Gasteiger partial charge in [0.15, 0.2) is 0 Å². The predicted octanol–water partition coefficient (Wildman–Crippen LogP) is 6.43. The number of hydrogen-bond acceptors (Lipinski definition) is 1. The van der Waals surface area contributed by atoms with Gasteiger partial charge < -0.3 is 5.11 Å². The Kier molecular flexibility index (Phi) is 14.0. The Balaban J connectivity index is 3.43. The Morgan fingerprint density at radius 3 is 1.71 bits per heavy atom. The molecular formula is C19H38O2. The smallest absolute Gasteiger partial charge is 0.303 e. The second kappa shape index (κ2) is 14.4. The van der Waals surface area contributed by atoms with Gasteiger partial charge in [-0.2, -0.15) is 0 Å². The third kappa shape index (κ3) is 14.2. The van der Waals surface area contributed by atoms with Crippen molar-refractivity contribution in [3.05, 3.63) is 0 Å². The standard InChI is InChI=1S/C19H38O2/c1-4-5-6-7-8-9-10-11-12-13-14-18(17(2)3)15-16-19(20)21/h17-18H,4-16H2,1-3H3,(H,20,21). The molecule has 0 amide bonds. The third-order valence-corrected chi connectivity index (χ3v) is 4.60. The van der Waals surface area contributed by atoms with E-state index < -0.39 is 5.97 Å². The minimum absolute atomic E-state index is 0.334. The number of aliphatic carboxylic acids is 1. The largest absolute Gasteiger partial charge is 0.481 e. The maximum atomic E-state index is 10.7. The molecule has 0 bridgehead atoms. The van der Waals surface area contributed by atoms with Crippen molar-refractivity contribution >= 4 is 5.97 Å². The molecule has 0 heterocycles. The first kappa shape index (κ1) is 20.5. The van der Waals surface area contributed by atoms with Crippen LogP contribution in [-0.2, 0) is 4.79 Å². The van der Waals surface area contributed by atoms with Crippen LogP contribution in [0.5, 0.6) is 0 Å². The number of carboxylic acid groups (broad SMARTS) is 1. The van der Waals surface area contributed by atoms with Gasteiger partial charge in [-0.25, -0.2) is 0 Å².